The topological polar surface area (TPSA) is 90.5 Å². The number of benzene rings is 1. The van der Waals surface area contributed by atoms with E-state index in [0.29, 0.717) is 11.5 Å². The Balaban J connectivity index is 1.34. The summed E-state index contributed by atoms with van der Waals surface area (Å²) in [5.74, 6) is 0.537. The summed E-state index contributed by atoms with van der Waals surface area (Å²) < 4.78 is 1.77. The first-order valence-corrected chi connectivity index (χ1v) is 8.83. The highest BCUT2D eigenvalue weighted by Crippen LogP contribution is 2.28. The van der Waals surface area contributed by atoms with E-state index in [-0.39, 0.29) is 18.0 Å². The van der Waals surface area contributed by atoms with Crippen LogP contribution in [0.5, 0.6) is 0 Å². The van der Waals surface area contributed by atoms with Gasteiger partial charge in [-0.05, 0) is 30.9 Å². The number of hydrogen-bond donors (Lipinski definition) is 1. The monoisotopic (exact) mass is 351 g/mol. The Morgan fingerprint density at radius 2 is 1.92 bits per heavy atom. The van der Waals surface area contributed by atoms with Crippen LogP contribution in [0.4, 0.5) is 0 Å². The maximum Gasteiger partial charge on any atom is 0.271 e. The molecule has 0 saturated heterocycles. The van der Waals surface area contributed by atoms with Crippen molar-refractivity contribution < 1.29 is 4.79 Å². The molecule has 1 N–H and O–H groups in total. The summed E-state index contributed by atoms with van der Waals surface area (Å²) in [6.07, 6.45) is 6.98. The molecule has 8 nitrogen and oxygen atoms in total. The predicted octanol–water partition coefficient (Wildman–Crippen LogP) is 1.99. The highest BCUT2D eigenvalue weighted by Gasteiger charge is 2.26. The number of rotatable bonds is 4. The van der Waals surface area contributed by atoms with Crippen molar-refractivity contribution in [1.29, 1.82) is 0 Å². The van der Waals surface area contributed by atoms with Gasteiger partial charge in [0.1, 0.15) is 5.69 Å². The third-order valence-corrected chi connectivity index (χ3v) is 4.76. The van der Waals surface area contributed by atoms with Gasteiger partial charge in [0.25, 0.3) is 5.91 Å². The molecule has 0 atom stereocenters. The lowest BCUT2D eigenvalue weighted by Crippen LogP contribution is -2.38. The summed E-state index contributed by atoms with van der Waals surface area (Å²) in [5, 5.41) is 16.0. The summed E-state index contributed by atoms with van der Waals surface area (Å²) in [6.45, 7) is 0. The van der Waals surface area contributed by atoms with Crippen molar-refractivity contribution in [3.8, 4) is 11.4 Å². The zero-order chi connectivity index (χ0) is 17.9. The Labute approximate surface area is 151 Å². The van der Waals surface area contributed by atoms with E-state index in [9.17, 15) is 4.79 Å². The SMILES string of the molecule is Cn1cnc(C(=O)NC2CCC(n3nnc(-c4ccccc4)n3)CC2)c1. The number of carbonyl (C=O) groups excluding carboxylic acids is 1. The second-order valence-electron chi connectivity index (χ2n) is 6.70. The van der Waals surface area contributed by atoms with Gasteiger partial charge in [-0.3, -0.25) is 4.79 Å². The summed E-state index contributed by atoms with van der Waals surface area (Å²) >= 11 is 0. The van der Waals surface area contributed by atoms with E-state index in [2.05, 4.69) is 25.7 Å². The molecule has 3 aromatic rings. The number of hydrogen-bond acceptors (Lipinski definition) is 5. The van der Waals surface area contributed by atoms with Gasteiger partial charge in [0.05, 0.1) is 12.4 Å². The quantitative estimate of drug-likeness (QED) is 0.776. The Hall–Kier alpha value is -3.03. The van der Waals surface area contributed by atoms with E-state index in [0.717, 1.165) is 31.2 Å². The average Bonchev–Trinajstić information content (AvgIpc) is 3.32. The Bertz CT molecular complexity index is 878. The number of nitrogens with one attached hydrogen (secondary N) is 1. The van der Waals surface area contributed by atoms with Crippen LogP contribution in [0, 0.1) is 0 Å². The van der Waals surface area contributed by atoms with Crippen molar-refractivity contribution in [3.63, 3.8) is 0 Å². The van der Waals surface area contributed by atoms with Crippen molar-refractivity contribution in [3.05, 3.63) is 48.5 Å². The van der Waals surface area contributed by atoms with Crippen LogP contribution in [0.3, 0.4) is 0 Å². The second-order valence-corrected chi connectivity index (χ2v) is 6.70. The summed E-state index contributed by atoms with van der Waals surface area (Å²) in [6, 6.07) is 10.2. The molecule has 1 aromatic carbocycles. The molecule has 1 fully saturated rings. The third-order valence-electron chi connectivity index (χ3n) is 4.76. The minimum absolute atomic E-state index is 0.112. The summed E-state index contributed by atoms with van der Waals surface area (Å²) in [4.78, 5) is 18.0. The zero-order valence-electron chi connectivity index (χ0n) is 14.6. The molecular formula is C18H21N7O. The fourth-order valence-corrected chi connectivity index (χ4v) is 3.32. The van der Waals surface area contributed by atoms with Gasteiger partial charge in [0, 0.05) is 24.8 Å². The largest absolute Gasteiger partial charge is 0.348 e. The third kappa shape index (κ3) is 3.49. The van der Waals surface area contributed by atoms with Crippen molar-refractivity contribution in [2.75, 3.05) is 0 Å². The van der Waals surface area contributed by atoms with E-state index in [1.165, 1.54) is 0 Å². The molecule has 0 unspecified atom stereocenters. The average molecular weight is 351 g/mol. The van der Waals surface area contributed by atoms with Crippen LogP contribution in [-0.4, -0.2) is 41.7 Å². The molecule has 134 valence electrons. The highest BCUT2D eigenvalue weighted by molar-refractivity contribution is 5.92. The second kappa shape index (κ2) is 7.07. The number of amides is 1. The van der Waals surface area contributed by atoms with Gasteiger partial charge in [0.15, 0.2) is 0 Å². The molecule has 1 aliphatic carbocycles. The minimum atomic E-state index is -0.112. The standard InChI is InChI=1S/C18H21N7O/c1-24-11-16(19-12-24)18(26)20-14-7-9-15(10-8-14)25-22-17(21-23-25)13-5-3-2-4-6-13/h2-6,11-12,14-15H,7-10H2,1H3,(H,20,26). The van der Waals surface area contributed by atoms with Gasteiger partial charge >= 0.3 is 0 Å². The van der Waals surface area contributed by atoms with Crippen molar-refractivity contribution in [2.24, 2.45) is 7.05 Å². The van der Waals surface area contributed by atoms with Gasteiger partial charge in [0.2, 0.25) is 5.82 Å². The zero-order valence-corrected chi connectivity index (χ0v) is 14.6. The van der Waals surface area contributed by atoms with Gasteiger partial charge in [-0.2, -0.15) is 4.80 Å². The molecule has 1 saturated carbocycles. The molecule has 1 amide bonds. The fraction of sp³-hybridized carbons (Fsp3) is 0.389. The van der Waals surface area contributed by atoms with Gasteiger partial charge in [-0.15, -0.1) is 10.2 Å². The molecule has 0 spiro atoms. The van der Waals surface area contributed by atoms with Gasteiger partial charge in [-0.25, -0.2) is 4.98 Å². The van der Waals surface area contributed by atoms with Crippen LogP contribution in [0.25, 0.3) is 11.4 Å². The van der Waals surface area contributed by atoms with Gasteiger partial charge in [-0.1, -0.05) is 30.3 Å². The first-order chi connectivity index (χ1) is 12.7. The van der Waals surface area contributed by atoms with E-state index in [4.69, 9.17) is 0 Å². The number of nitrogens with zero attached hydrogens (tertiary/aromatic N) is 6. The van der Waals surface area contributed by atoms with Crippen molar-refractivity contribution in [1.82, 2.24) is 35.1 Å². The Morgan fingerprint density at radius 1 is 1.15 bits per heavy atom. The number of tetrazole rings is 1. The molecule has 1 aliphatic rings. The van der Waals surface area contributed by atoms with E-state index < -0.39 is 0 Å². The van der Waals surface area contributed by atoms with E-state index in [1.54, 1.807) is 21.9 Å². The molecule has 0 bridgehead atoms. The predicted molar refractivity (Wildman–Crippen MR) is 95.2 cm³/mol. The van der Waals surface area contributed by atoms with Crippen molar-refractivity contribution in [2.45, 2.75) is 37.8 Å². The molecular weight excluding hydrogens is 330 g/mol. The lowest BCUT2D eigenvalue weighted by Gasteiger charge is -2.27. The molecule has 8 heteroatoms. The lowest BCUT2D eigenvalue weighted by atomic mass is 9.91. The van der Waals surface area contributed by atoms with Gasteiger partial charge < -0.3 is 9.88 Å². The number of imidazole rings is 1. The number of carbonyl (C=O) groups is 1. The van der Waals surface area contributed by atoms with E-state index in [1.807, 2.05) is 37.4 Å². The van der Waals surface area contributed by atoms with Crippen LogP contribution in [0.2, 0.25) is 0 Å². The smallest absolute Gasteiger partial charge is 0.271 e. The normalized spacial score (nSPS) is 20.0. The minimum Gasteiger partial charge on any atom is -0.348 e. The van der Waals surface area contributed by atoms with Crippen molar-refractivity contribution >= 4 is 5.91 Å². The Kier molecular flexibility index (Phi) is 4.47. The molecule has 0 radical (unpaired) electrons. The maximum atomic E-state index is 12.2. The first-order valence-electron chi connectivity index (χ1n) is 8.83. The van der Waals surface area contributed by atoms with Crippen LogP contribution < -0.4 is 5.32 Å². The molecule has 0 aliphatic heterocycles. The fourth-order valence-electron chi connectivity index (χ4n) is 3.32. The highest BCUT2D eigenvalue weighted by atomic mass is 16.2. The molecule has 2 heterocycles. The lowest BCUT2D eigenvalue weighted by molar-refractivity contribution is 0.0916. The Morgan fingerprint density at radius 3 is 2.62 bits per heavy atom. The maximum absolute atomic E-state index is 12.2. The first kappa shape index (κ1) is 16.4. The van der Waals surface area contributed by atoms with Crippen LogP contribution in [-0.2, 0) is 7.05 Å². The van der Waals surface area contributed by atoms with Crippen LogP contribution >= 0.6 is 0 Å². The molecule has 4 rings (SSSR count). The number of aryl methyl sites for hydroxylation is 1. The van der Waals surface area contributed by atoms with Crippen LogP contribution in [0.1, 0.15) is 42.2 Å². The molecule has 26 heavy (non-hydrogen) atoms. The summed E-state index contributed by atoms with van der Waals surface area (Å²) in [7, 11) is 1.85. The van der Waals surface area contributed by atoms with E-state index >= 15 is 0 Å². The van der Waals surface area contributed by atoms with Crippen LogP contribution in [0.15, 0.2) is 42.9 Å². The number of aromatic nitrogens is 6. The summed E-state index contributed by atoms with van der Waals surface area (Å²) in [5.41, 5.74) is 1.43. The molecule has 2 aromatic heterocycles.